The van der Waals surface area contributed by atoms with Gasteiger partial charge in [0, 0.05) is 25.7 Å². The Morgan fingerprint density at radius 3 is 1.12 bits per heavy atom. The number of hydrogen-bond donors (Lipinski definition) is 10. The number of carbonyl (C=O) groups excluding carboxylic acids is 4. The van der Waals surface area contributed by atoms with E-state index in [1.807, 2.05) is 0 Å². The number of rotatable bonds is 75. The van der Waals surface area contributed by atoms with Crippen LogP contribution in [-0.2, 0) is 70.7 Å². The fourth-order valence-electron chi connectivity index (χ4n) is 15.6. The Morgan fingerprint density at radius 2 is 0.698 bits per heavy atom. The number of carbonyl (C=O) groups is 4. The first-order valence-electron chi connectivity index (χ1n) is 46.8. The van der Waals surface area contributed by atoms with Gasteiger partial charge in [-0.2, -0.15) is 0 Å². The molecular weight excluding hydrogens is 1510 g/mol. The highest BCUT2D eigenvalue weighted by Crippen LogP contribution is 2.49. The number of aliphatic hydroxyl groups excluding tert-OH is 9. The van der Waals surface area contributed by atoms with Crippen LogP contribution in [-0.4, -0.2) is 205 Å². The molecule has 0 radical (unpaired) electrons. The number of hydrogen-bond acceptors (Lipinski definition) is 24. The van der Waals surface area contributed by atoms with E-state index in [0.29, 0.717) is 44.4 Å². The van der Waals surface area contributed by atoms with Crippen molar-refractivity contribution in [3.8, 4) is 0 Å². The van der Waals surface area contributed by atoms with E-state index in [0.717, 1.165) is 122 Å². The molecular formula is C90H167O25P. The molecule has 1 saturated carbocycles. The topological polar surface area (TPSA) is 380 Å². The first kappa shape index (κ1) is 107. The fraction of sp³-hybridized carbons (Fsp3) is 0.933. The summed E-state index contributed by atoms with van der Waals surface area (Å²) in [7, 11) is -5.81. The van der Waals surface area contributed by atoms with E-state index in [4.69, 9.17) is 46.9 Å². The Kier molecular flexibility index (Phi) is 63.5. The van der Waals surface area contributed by atoms with Gasteiger partial charge < -0.3 is 88.7 Å². The summed E-state index contributed by atoms with van der Waals surface area (Å²) in [6.07, 6.45) is 25.1. The zero-order valence-corrected chi connectivity index (χ0v) is 73.6. The molecule has 1 aliphatic carbocycles. The van der Waals surface area contributed by atoms with Crippen LogP contribution < -0.4 is 0 Å². The maximum absolute atomic E-state index is 14.9. The van der Waals surface area contributed by atoms with Crippen molar-refractivity contribution in [2.24, 2.45) is 5.92 Å². The van der Waals surface area contributed by atoms with Gasteiger partial charge in [0.1, 0.15) is 92.6 Å². The molecule has 26 heteroatoms. The van der Waals surface area contributed by atoms with E-state index in [9.17, 15) is 74.6 Å². The highest BCUT2D eigenvalue weighted by molar-refractivity contribution is 7.47. The summed E-state index contributed by atoms with van der Waals surface area (Å²) in [6.45, 7) is 7.90. The number of aliphatic hydroxyl groups is 9. The molecule has 116 heavy (non-hydrogen) atoms. The summed E-state index contributed by atoms with van der Waals surface area (Å²) in [5.74, 6) is -2.29. The van der Waals surface area contributed by atoms with E-state index < -0.39 is 162 Å². The molecule has 3 aliphatic rings. The minimum absolute atomic E-state index is 0.0155. The Morgan fingerprint density at radius 1 is 0.362 bits per heavy atom. The molecule has 0 aromatic heterocycles. The lowest BCUT2D eigenvalue weighted by atomic mass is 9.84. The Bertz CT molecular complexity index is 2480. The van der Waals surface area contributed by atoms with Gasteiger partial charge in [-0.05, 0) is 57.3 Å². The third-order valence-electron chi connectivity index (χ3n) is 23.2. The zero-order chi connectivity index (χ0) is 84.8. The van der Waals surface area contributed by atoms with Gasteiger partial charge in [0.05, 0.1) is 13.2 Å². The van der Waals surface area contributed by atoms with Crippen LogP contribution in [0.3, 0.4) is 0 Å². The largest absolute Gasteiger partial charge is 0.472 e. The van der Waals surface area contributed by atoms with Crippen molar-refractivity contribution < 1.29 is 122 Å². The first-order valence-corrected chi connectivity index (χ1v) is 48.3. The summed E-state index contributed by atoms with van der Waals surface area (Å²) in [4.78, 5) is 66.4. The third-order valence-corrected chi connectivity index (χ3v) is 24.2. The Labute approximate surface area is 699 Å². The van der Waals surface area contributed by atoms with Crippen LogP contribution in [0.2, 0.25) is 0 Å². The van der Waals surface area contributed by atoms with Gasteiger partial charge in [0.15, 0.2) is 24.8 Å². The number of unbranched alkanes of at least 4 members (excludes halogenated alkanes) is 45. The van der Waals surface area contributed by atoms with Crippen LogP contribution in [0, 0.1) is 5.92 Å². The predicted molar refractivity (Wildman–Crippen MR) is 449 cm³/mol. The molecule has 0 bridgehead atoms. The number of esters is 4. The van der Waals surface area contributed by atoms with Gasteiger partial charge in [-0.3, -0.25) is 28.2 Å². The average molecular weight is 1680 g/mol. The molecule has 2 saturated heterocycles. The van der Waals surface area contributed by atoms with Crippen molar-refractivity contribution in [2.75, 3.05) is 26.4 Å². The molecule has 25 nitrogen and oxygen atoms in total. The molecule has 0 aromatic carbocycles. The number of phosphoric acid groups is 1. The van der Waals surface area contributed by atoms with E-state index in [-0.39, 0.29) is 25.7 Å². The lowest BCUT2D eigenvalue weighted by molar-refractivity contribution is -0.360. The molecule has 682 valence electrons. The molecule has 10 N–H and O–H groups in total. The van der Waals surface area contributed by atoms with Gasteiger partial charge >= 0.3 is 31.7 Å². The van der Waals surface area contributed by atoms with E-state index in [1.54, 1.807) is 0 Å². The summed E-state index contributed by atoms with van der Waals surface area (Å²) in [5.41, 5.74) is 0. The van der Waals surface area contributed by atoms with Crippen molar-refractivity contribution >= 4 is 31.7 Å². The average Bonchev–Trinajstić information content (AvgIpc) is 0.754. The van der Waals surface area contributed by atoms with Gasteiger partial charge in [-0.1, -0.05) is 336 Å². The Hall–Kier alpha value is -2.79. The molecule has 3 fully saturated rings. The van der Waals surface area contributed by atoms with Crippen LogP contribution in [0.25, 0.3) is 0 Å². The standard InChI is InChI=1S/C90H167O25P/c1-6-10-14-18-22-25-28-31-32-35-36-39-42-49-55-61-73(92)106-66-70(109-75(94)63-57-51-43-40-37-33-29-26-23-19-15-11-7-2)67-108-116(104,105)115-88-86(113-89-83(102)79(98)77(96)71(65-91)110-89)82(101)81(100)85(112-76(95)64-58-52-44-41-38-34-30-27-24-20-16-12-8-3)87(88)114-90-84(103)80(99)78(97)72(111-90)68-107-74(93)62-56-50-46-45-48-54-60-69(5)59-53-47-21-17-13-9-4/h33,37,69-72,77-91,96-103H,6-32,34-36,38-68H2,1-5H3,(H,104,105)/b37-33-. The monoisotopic (exact) mass is 1680 g/mol. The minimum Gasteiger partial charge on any atom is -0.463 e. The SMILES string of the molecule is CCCCCCCC/C=C\CCCCCC(=O)OC(COC(=O)CCCCCCCCCCCCCCCCC)COP(=O)(O)OC1C(OC2OC(CO)C(O)C(O)C2O)C(O)C(O)C(OC(=O)CCCCCCCCCCCCCCC)C1OC1OC(COC(=O)CCCCCCCCC(C)CCCCCCCC)C(O)C(O)C1O. The maximum atomic E-state index is 14.9. The highest BCUT2D eigenvalue weighted by atomic mass is 31.2. The third kappa shape index (κ3) is 48.9. The normalized spacial score (nSPS) is 25.4. The lowest BCUT2D eigenvalue weighted by Gasteiger charge is -2.50. The van der Waals surface area contributed by atoms with Crippen molar-refractivity contribution in [3.63, 3.8) is 0 Å². The second-order valence-corrected chi connectivity index (χ2v) is 35.2. The smallest absolute Gasteiger partial charge is 0.463 e. The summed E-state index contributed by atoms with van der Waals surface area (Å²) < 4.78 is 73.4. The quantitative estimate of drug-likeness (QED) is 0.00889. The second-order valence-electron chi connectivity index (χ2n) is 33.8. The van der Waals surface area contributed by atoms with E-state index >= 15 is 0 Å². The van der Waals surface area contributed by atoms with Crippen LogP contribution >= 0.6 is 7.82 Å². The van der Waals surface area contributed by atoms with Crippen molar-refractivity contribution in [3.05, 3.63) is 12.2 Å². The molecule has 2 heterocycles. The van der Waals surface area contributed by atoms with Crippen molar-refractivity contribution in [2.45, 2.75) is 505 Å². The van der Waals surface area contributed by atoms with E-state index in [1.165, 1.54) is 180 Å². The molecule has 0 aromatic rings. The highest BCUT2D eigenvalue weighted by Gasteiger charge is 2.60. The molecule has 0 amide bonds. The maximum Gasteiger partial charge on any atom is 0.472 e. The number of ether oxygens (including phenoxy) is 8. The van der Waals surface area contributed by atoms with E-state index in [2.05, 4.69) is 46.8 Å². The van der Waals surface area contributed by atoms with Gasteiger partial charge in [0.25, 0.3) is 0 Å². The second kappa shape index (κ2) is 68.6. The number of allylic oxidation sites excluding steroid dienone is 2. The summed E-state index contributed by atoms with van der Waals surface area (Å²) >= 11 is 0. The van der Waals surface area contributed by atoms with Gasteiger partial charge in [-0.15, -0.1) is 0 Å². The van der Waals surface area contributed by atoms with Gasteiger partial charge in [0.2, 0.25) is 0 Å². The predicted octanol–water partition coefficient (Wildman–Crippen LogP) is 17.0. The van der Waals surface area contributed by atoms with Crippen LogP contribution in [0.1, 0.15) is 401 Å². The molecule has 19 unspecified atom stereocenters. The van der Waals surface area contributed by atoms with Crippen LogP contribution in [0.4, 0.5) is 0 Å². The molecule has 2 aliphatic heterocycles. The lowest BCUT2D eigenvalue weighted by Crippen LogP contribution is -2.70. The summed E-state index contributed by atoms with van der Waals surface area (Å²) in [5, 5.41) is 102. The Balaban J connectivity index is 1.92. The van der Waals surface area contributed by atoms with Crippen LogP contribution in [0.15, 0.2) is 12.2 Å². The molecule has 19 atom stereocenters. The fourth-order valence-corrected chi connectivity index (χ4v) is 16.6. The first-order chi connectivity index (χ1) is 56.1. The number of phosphoric ester groups is 1. The van der Waals surface area contributed by atoms with Crippen LogP contribution in [0.5, 0.6) is 0 Å². The van der Waals surface area contributed by atoms with Crippen molar-refractivity contribution in [1.82, 2.24) is 0 Å². The summed E-state index contributed by atoms with van der Waals surface area (Å²) in [6, 6.07) is 0. The zero-order valence-electron chi connectivity index (χ0n) is 72.7. The molecule has 0 spiro atoms. The van der Waals surface area contributed by atoms with Crippen molar-refractivity contribution in [1.29, 1.82) is 0 Å². The van der Waals surface area contributed by atoms with Gasteiger partial charge in [-0.25, -0.2) is 4.57 Å². The minimum atomic E-state index is -5.81. The molecule has 3 rings (SSSR count).